The molecule has 1 atom stereocenters. The summed E-state index contributed by atoms with van der Waals surface area (Å²) in [6.07, 6.45) is -4.64. The van der Waals surface area contributed by atoms with E-state index in [1.807, 2.05) is 0 Å². The Bertz CT molecular complexity index is 1560. The van der Waals surface area contributed by atoms with E-state index in [0.29, 0.717) is 5.56 Å². The van der Waals surface area contributed by atoms with E-state index in [9.17, 15) is 27.9 Å². The van der Waals surface area contributed by atoms with E-state index in [0.717, 1.165) is 17.0 Å². The van der Waals surface area contributed by atoms with Crippen molar-refractivity contribution < 1.29 is 32.2 Å². The summed E-state index contributed by atoms with van der Waals surface area (Å²) in [5, 5.41) is 10.5. The molecule has 1 aromatic heterocycles. The zero-order chi connectivity index (χ0) is 25.1. The van der Waals surface area contributed by atoms with Gasteiger partial charge in [-0.2, -0.15) is 13.2 Å². The number of alkyl halides is 3. The normalized spacial score (nSPS) is 15.5. The fourth-order valence-electron chi connectivity index (χ4n) is 4.24. The molecule has 0 radical (unpaired) electrons. The van der Waals surface area contributed by atoms with Crippen LogP contribution in [0.2, 0.25) is 0 Å². The summed E-state index contributed by atoms with van der Waals surface area (Å²) in [6, 6.07) is 12.4. The van der Waals surface area contributed by atoms with Crippen LogP contribution in [0.1, 0.15) is 33.3 Å². The lowest BCUT2D eigenvalue weighted by atomic mass is 9.97. The number of anilines is 1. The van der Waals surface area contributed by atoms with Crippen molar-refractivity contribution in [1.29, 1.82) is 0 Å². The van der Waals surface area contributed by atoms with Crippen molar-refractivity contribution in [2.45, 2.75) is 12.2 Å². The number of amides is 1. The van der Waals surface area contributed by atoms with Gasteiger partial charge < -0.3 is 14.3 Å². The first kappa shape index (κ1) is 23.0. The number of phenols is 1. The Hall–Kier alpha value is -3.79. The number of halogens is 4. The minimum absolute atomic E-state index is 0.0224. The predicted octanol–water partition coefficient (Wildman–Crippen LogP) is 6.04. The summed E-state index contributed by atoms with van der Waals surface area (Å²) < 4.78 is 51.6. The predicted molar refractivity (Wildman–Crippen MR) is 125 cm³/mol. The van der Waals surface area contributed by atoms with Gasteiger partial charge in [-0.3, -0.25) is 14.5 Å². The minimum atomic E-state index is -4.64. The highest BCUT2D eigenvalue weighted by Gasteiger charge is 2.44. The van der Waals surface area contributed by atoms with E-state index in [2.05, 4.69) is 15.9 Å². The molecule has 4 aromatic rings. The molecule has 5 rings (SSSR count). The highest BCUT2D eigenvalue weighted by atomic mass is 79.9. The number of methoxy groups -OCH3 is 1. The fourth-order valence-corrected chi connectivity index (χ4v) is 4.70. The van der Waals surface area contributed by atoms with Gasteiger partial charge in [0.25, 0.3) is 5.91 Å². The van der Waals surface area contributed by atoms with Crippen LogP contribution in [0.25, 0.3) is 11.0 Å². The fraction of sp³-hybridized carbons (Fsp3) is 0.120. The van der Waals surface area contributed by atoms with Gasteiger partial charge in [0.15, 0.2) is 16.9 Å². The number of fused-ring (bicyclic) bond motifs is 2. The number of aromatic hydroxyl groups is 1. The van der Waals surface area contributed by atoms with Crippen LogP contribution in [0, 0.1) is 0 Å². The van der Waals surface area contributed by atoms with Gasteiger partial charge in [-0.1, -0.05) is 18.2 Å². The maximum absolute atomic E-state index is 13.6. The lowest BCUT2D eigenvalue weighted by molar-refractivity contribution is -0.137. The van der Waals surface area contributed by atoms with Gasteiger partial charge in [0.1, 0.15) is 5.58 Å². The van der Waals surface area contributed by atoms with Crippen LogP contribution in [0.5, 0.6) is 11.5 Å². The zero-order valence-corrected chi connectivity index (χ0v) is 19.5. The number of ether oxygens (including phenoxy) is 1. The third-order valence-corrected chi connectivity index (χ3v) is 6.42. The molecule has 35 heavy (non-hydrogen) atoms. The lowest BCUT2D eigenvalue weighted by Gasteiger charge is -2.26. The number of carbonyl (C=O) groups excluding carboxylic acids is 1. The van der Waals surface area contributed by atoms with Crippen molar-refractivity contribution >= 4 is 38.5 Å². The van der Waals surface area contributed by atoms with Crippen molar-refractivity contribution in [3.8, 4) is 11.5 Å². The first-order valence-electron chi connectivity index (χ1n) is 10.2. The van der Waals surface area contributed by atoms with E-state index in [1.54, 1.807) is 18.2 Å². The van der Waals surface area contributed by atoms with Crippen LogP contribution in [-0.4, -0.2) is 18.1 Å². The number of carbonyl (C=O) groups is 1. The van der Waals surface area contributed by atoms with Gasteiger partial charge in [0.05, 0.1) is 34.1 Å². The Labute approximate surface area is 204 Å². The van der Waals surface area contributed by atoms with Gasteiger partial charge in [-0.15, -0.1) is 0 Å². The summed E-state index contributed by atoms with van der Waals surface area (Å²) in [5.74, 6) is -1.20. The molecule has 0 fully saturated rings. The van der Waals surface area contributed by atoms with Crippen molar-refractivity contribution in [1.82, 2.24) is 0 Å². The van der Waals surface area contributed by atoms with Crippen LogP contribution in [0.4, 0.5) is 18.9 Å². The first-order valence-corrected chi connectivity index (χ1v) is 11.0. The monoisotopic (exact) mass is 545 g/mol. The van der Waals surface area contributed by atoms with Crippen LogP contribution < -0.4 is 15.1 Å². The minimum Gasteiger partial charge on any atom is -0.503 e. The molecule has 2 heterocycles. The molecule has 0 aliphatic carbocycles. The summed E-state index contributed by atoms with van der Waals surface area (Å²) >= 11 is 3.23. The largest absolute Gasteiger partial charge is 0.503 e. The average molecular weight is 546 g/mol. The average Bonchev–Trinajstić information content (AvgIpc) is 3.13. The molecule has 0 saturated heterocycles. The van der Waals surface area contributed by atoms with E-state index in [1.165, 1.54) is 37.4 Å². The van der Waals surface area contributed by atoms with Crippen molar-refractivity contribution in [3.05, 3.63) is 97.8 Å². The van der Waals surface area contributed by atoms with Crippen molar-refractivity contribution in [3.63, 3.8) is 0 Å². The maximum atomic E-state index is 13.6. The second-order valence-electron chi connectivity index (χ2n) is 7.85. The van der Waals surface area contributed by atoms with E-state index in [4.69, 9.17) is 9.15 Å². The summed E-state index contributed by atoms with van der Waals surface area (Å²) in [5.41, 5.74) is -1.04. The lowest BCUT2D eigenvalue weighted by Crippen LogP contribution is -2.29. The van der Waals surface area contributed by atoms with E-state index < -0.39 is 29.1 Å². The first-order chi connectivity index (χ1) is 16.6. The quantitative estimate of drug-likeness (QED) is 0.339. The van der Waals surface area contributed by atoms with Gasteiger partial charge in [-0.25, -0.2) is 0 Å². The molecule has 178 valence electrons. The Morgan fingerprint density at radius 3 is 2.51 bits per heavy atom. The number of benzene rings is 3. The van der Waals surface area contributed by atoms with Crippen LogP contribution in [0.3, 0.4) is 0 Å². The van der Waals surface area contributed by atoms with Crippen LogP contribution in [0.15, 0.2) is 74.3 Å². The zero-order valence-electron chi connectivity index (χ0n) is 17.9. The van der Waals surface area contributed by atoms with Crippen LogP contribution >= 0.6 is 15.9 Å². The summed E-state index contributed by atoms with van der Waals surface area (Å²) in [4.78, 5) is 28.2. The van der Waals surface area contributed by atoms with Crippen molar-refractivity contribution in [2.24, 2.45) is 0 Å². The van der Waals surface area contributed by atoms with Gasteiger partial charge in [-0.05, 0) is 64.0 Å². The molecule has 0 saturated carbocycles. The Morgan fingerprint density at radius 1 is 1.06 bits per heavy atom. The molecule has 1 unspecified atom stereocenters. The van der Waals surface area contributed by atoms with Gasteiger partial charge in [0.2, 0.25) is 5.76 Å². The number of para-hydroxylation sites is 1. The third-order valence-electron chi connectivity index (χ3n) is 5.82. The molecule has 1 amide bonds. The van der Waals surface area contributed by atoms with Crippen LogP contribution in [-0.2, 0) is 6.18 Å². The van der Waals surface area contributed by atoms with Crippen molar-refractivity contribution in [2.75, 3.05) is 12.0 Å². The Morgan fingerprint density at radius 2 is 1.80 bits per heavy atom. The molecule has 1 aliphatic heterocycles. The maximum Gasteiger partial charge on any atom is 0.416 e. The standard InChI is InChI=1S/C25H15BrF3NO5/c1-34-18-10-12(9-16(26)22(18)32)20-19-21(31)15-7-2-3-8-17(15)35-23(19)24(33)30(20)14-6-4-5-13(11-14)25(27,28)29/h2-11,20,32H,1H3. The smallest absolute Gasteiger partial charge is 0.416 e. The third kappa shape index (κ3) is 3.65. The Kier molecular flexibility index (Phi) is 5.36. The van der Waals surface area contributed by atoms with Gasteiger partial charge >= 0.3 is 6.18 Å². The number of hydrogen-bond donors (Lipinski definition) is 1. The summed E-state index contributed by atoms with van der Waals surface area (Å²) in [7, 11) is 1.32. The van der Waals surface area contributed by atoms with E-state index in [-0.39, 0.29) is 44.0 Å². The topological polar surface area (TPSA) is 80.0 Å². The van der Waals surface area contributed by atoms with E-state index >= 15 is 0 Å². The number of rotatable bonds is 3. The SMILES string of the molecule is COc1cc(C2c3c(oc4ccccc4c3=O)C(=O)N2c2cccc(C(F)(F)F)c2)cc(Br)c1O. The molecule has 10 heteroatoms. The molecule has 1 aliphatic rings. The second kappa shape index (κ2) is 8.16. The molecular weight excluding hydrogens is 531 g/mol. The second-order valence-corrected chi connectivity index (χ2v) is 8.70. The molecule has 0 spiro atoms. The number of hydrogen-bond acceptors (Lipinski definition) is 5. The molecule has 1 N–H and O–H groups in total. The molecule has 6 nitrogen and oxygen atoms in total. The number of phenolic OH excluding ortho intramolecular Hbond substituents is 1. The molecule has 0 bridgehead atoms. The molecular formula is C25H15BrF3NO5. The molecule has 3 aromatic carbocycles. The Balaban J connectivity index is 1.82. The van der Waals surface area contributed by atoms with Gasteiger partial charge in [0, 0.05) is 5.69 Å². The highest BCUT2D eigenvalue weighted by molar-refractivity contribution is 9.10. The summed E-state index contributed by atoms with van der Waals surface area (Å²) in [6.45, 7) is 0. The number of nitrogens with zero attached hydrogens (tertiary/aromatic N) is 1. The highest BCUT2D eigenvalue weighted by Crippen LogP contribution is 2.46.